The Bertz CT molecular complexity index is 1130. The van der Waals surface area contributed by atoms with E-state index in [9.17, 15) is 0 Å². The van der Waals surface area contributed by atoms with Crippen molar-refractivity contribution in [2.75, 3.05) is 19.4 Å². The number of nitrogens with one attached hydrogen (secondary N) is 2. The largest absolute Gasteiger partial charge is 0.350 e. The van der Waals surface area contributed by atoms with Gasteiger partial charge in [0.05, 0.1) is 6.54 Å². The Balaban J connectivity index is 0.000000771. The van der Waals surface area contributed by atoms with Crippen molar-refractivity contribution in [1.29, 1.82) is 0 Å². The van der Waals surface area contributed by atoms with Crippen LogP contribution in [0.25, 0.3) is 0 Å². The van der Waals surface area contributed by atoms with Gasteiger partial charge in [-0.3, -0.25) is 4.90 Å². The van der Waals surface area contributed by atoms with Crippen LogP contribution in [-0.4, -0.2) is 45.0 Å². The van der Waals surface area contributed by atoms with E-state index in [1.807, 2.05) is 20.8 Å². The molecule has 1 saturated carbocycles. The Hall–Kier alpha value is -2.87. The first-order valence-electron chi connectivity index (χ1n) is 14.0. The lowest BCUT2D eigenvalue weighted by Gasteiger charge is -2.50. The molecule has 1 aliphatic carbocycles. The van der Waals surface area contributed by atoms with E-state index in [1.165, 1.54) is 11.1 Å². The van der Waals surface area contributed by atoms with Gasteiger partial charge >= 0.3 is 0 Å². The molecule has 7 heteroatoms. The van der Waals surface area contributed by atoms with Crippen molar-refractivity contribution in [1.82, 2.24) is 25.2 Å². The summed E-state index contributed by atoms with van der Waals surface area (Å²) in [5.41, 5.74) is 7.90. The van der Waals surface area contributed by atoms with E-state index < -0.39 is 0 Å². The molecule has 0 aliphatic heterocycles. The van der Waals surface area contributed by atoms with Gasteiger partial charge < -0.3 is 16.4 Å². The summed E-state index contributed by atoms with van der Waals surface area (Å²) in [6.45, 7) is 12.8. The number of hydrogen-bond acceptors (Lipinski definition) is 7. The minimum absolute atomic E-state index is 0. The van der Waals surface area contributed by atoms with Gasteiger partial charge in [-0.25, -0.2) is 9.97 Å². The zero-order chi connectivity index (χ0) is 28.7. The molecular formula is C32H49N7. The maximum Gasteiger partial charge on any atom is 0.226 e. The van der Waals surface area contributed by atoms with Gasteiger partial charge in [0.15, 0.2) is 0 Å². The van der Waals surface area contributed by atoms with Crippen LogP contribution >= 0.6 is 0 Å². The number of nitrogens with two attached hydrogens (primary N) is 1. The first-order valence-corrected chi connectivity index (χ1v) is 14.0. The highest BCUT2D eigenvalue weighted by atomic mass is 15.2. The highest BCUT2D eigenvalue weighted by Crippen LogP contribution is 2.48. The summed E-state index contributed by atoms with van der Waals surface area (Å²) in [4.78, 5) is 15.8. The smallest absolute Gasteiger partial charge is 0.226 e. The van der Waals surface area contributed by atoms with Crippen molar-refractivity contribution >= 4 is 5.95 Å². The topological polar surface area (TPSA) is 92.0 Å². The minimum Gasteiger partial charge on any atom is -0.350 e. The van der Waals surface area contributed by atoms with Crippen molar-refractivity contribution < 1.29 is 0 Å². The number of anilines is 1. The third-order valence-electron chi connectivity index (χ3n) is 7.12. The number of benzene rings is 2. The first-order chi connectivity index (χ1) is 18.2. The van der Waals surface area contributed by atoms with E-state index in [4.69, 9.17) is 5.73 Å². The van der Waals surface area contributed by atoms with E-state index in [2.05, 4.69) is 126 Å². The lowest BCUT2D eigenvalue weighted by molar-refractivity contribution is 0.0521. The summed E-state index contributed by atoms with van der Waals surface area (Å²) in [6.07, 6.45) is 5.80. The molecule has 1 heterocycles. The average molecular weight is 532 g/mol. The minimum atomic E-state index is -0.125. The Morgan fingerprint density at radius 3 is 1.79 bits per heavy atom. The average Bonchev–Trinajstić information content (AvgIpc) is 2.87. The Kier molecular flexibility index (Phi) is 9.86. The Morgan fingerprint density at radius 2 is 1.31 bits per heavy atom. The summed E-state index contributed by atoms with van der Waals surface area (Å²) in [6, 6.07) is 21.8. The molecule has 0 amide bonds. The third kappa shape index (κ3) is 8.82. The summed E-state index contributed by atoms with van der Waals surface area (Å²) < 4.78 is 0. The van der Waals surface area contributed by atoms with Crippen LogP contribution in [0.2, 0.25) is 0 Å². The SMILES string of the molecule is CC(C)(C)N.CN(C)C1(c2ccccc2)CCC(NCc2ncnc(NC(C)(C)C)n2)(c2ccccc2)CC1. The molecule has 2 aromatic carbocycles. The van der Waals surface area contributed by atoms with Crippen LogP contribution < -0.4 is 16.4 Å². The van der Waals surface area contributed by atoms with Crippen LogP contribution in [0, 0.1) is 0 Å². The Labute approximate surface area is 236 Å². The summed E-state index contributed by atoms with van der Waals surface area (Å²) in [7, 11) is 4.43. The maximum absolute atomic E-state index is 5.35. The molecule has 1 aliphatic rings. The molecule has 1 fully saturated rings. The van der Waals surface area contributed by atoms with E-state index >= 15 is 0 Å². The van der Waals surface area contributed by atoms with Gasteiger partial charge in [0.1, 0.15) is 12.2 Å². The number of nitrogens with zero attached hydrogens (tertiary/aromatic N) is 4. The molecule has 0 radical (unpaired) electrons. The first kappa shape index (κ1) is 30.7. The molecular weight excluding hydrogens is 482 g/mol. The monoisotopic (exact) mass is 531 g/mol. The molecule has 212 valence electrons. The molecule has 4 N–H and O–H groups in total. The molecule has 0 saturated heterocycles. The predicted octanol–water partition coefficient (Wildman–Crippen LogP) is 5.84. The van der Waals surface area contributed by atoms with Crippen LogP contribution in [0.15, 0.2) is 67.0 Å². The highest BCUT2D eigenvalue weighted by Gasteiger charge is 2.45. The summed E-state index contributed by atoms with van der Waals surface area (Å²) in [5, 5.41) is 7.23. The molecule has 3 aromatic rings. The standard InChI is InChI=1S/C28H38N6.C4H11N/c1-26(2,3)33-25-30-21-29-24(32-25)20-31-27(22-12-8-6-9-13-22)16-18-28(19-17-27,34(4)5)23-14-10-7-11-15-23;1-4(2,3)5/h6-15,21,31H,16-20H2,1-5H3,(H,29,30,32,33);5H2,1-3H3. The quantitative estimate of drug-likeness (QED) is 0.353. The molecule has 39 heavy (non-hydrogen) atoms. The van der Waals surface area contributed by atoms with Crippen LogP contribution in [0.5, 0.6) is 0 Å². The normalized spacial score (nSPS) is 21.7. The molecule has 0 unspecified atom stereocenters. The zero-order valence-corrected chi connectivity index (χ0v) is 25.3. The lowest BCUT2D eigenvalue weighted by Crippen LogP contribution is -2.52. The fourth-order valence-corrected chi connectivity index (χ4v) is 5.22. The highest BCUT2D eigenvalue weighted by molar-refractivity contribution is 5.31. The van der Waals surface area contributed by atoms with Crippen molar-refractivity contribution in [2.45, 2.75) is 95.9 Å². The second-order valence-corrected chi connectivity index (χ2v) is 13.1. The van der Waals surface area contributed by atoms with Crippen molar-refractivity contribution in [3.63, 3.8) is 0 Å². The summed E-state index contributed by atoms with van der Waals surface area (Å²) >= 11 is 0. The lowest BCUT2D eigenvalue weighted by atomic mass is 9.66. The second kappa shape index (κ2) is 12.5. The molecule has 7 nitrogen and oxygen atoms in total. The molecule has 1 aromatic heterocycles. The van der Waals surface area contributed by atoms with E-state index in [0.717, 1.165) is 31.5 Å². The van der Waals surface area contributed by atoms with Crippen LogP contribution in [0.1, 0.15) is 84.2 Å². The van der Waals surface area contributed by atoms with Gasteiger partial charge in [0.2, 0.25) is 5.95 Å². The fraction of sp³-hybridized carbons (Fsp3) is 0.531. The molecule has 0 bridgehead atoms. The zero-order valence-electron chi connectivity index (χ0n) is 25.3. The third-order valence-corrected chi connectivity index (χ3v) is 7.12. The molecule has 0 atom stereocenters. The Morgan fingerprint density at radius 1 is 0.795 bits per heavy atom. The van der Waals surface area contributed by atoms with Crippen molar-refractivity contribution in [2.24, 2.45) is 5.73 Å². The van der Waals surface area contributed by atoms with E-state index in [-0.39, 0.29) is 22.2 Å². The predicted molar refractivity (Wildman–Crippen MR) is 162 cm³/mol. The van der Waals surface area contributed by atoms with Crippen molar-refractivity contribution in [3.05, 3.63) is 83.9 Å². The van der Waals surface area contributed by atoms with Gasteiger partial charge in [-0.05, 0) is 92.4 Å². The van der Waals surface area contributed by atoms with Crippen LogP contribution in [-0.2, 0) is 17.6 Å². The van der Waals surface area contributed by atoms with Crippen LogP contribution in [0.3, 0.4) is 0 Å². The second-order valence-electron chi connectivity index (χ2n) is 13.1. The van der Waals surface area contributed by atoms with Crippen molar-refractivity contribution in [3.8, 4) is 0 Å². The molecule has 4 rings (SSSR count). The number of hydrogen-bond donors (Lipinski definition) is 3. The van der Waals surface area contributed by atoms with Gasteiger partial charge in [0.25, 0.3) is 0 Å². The van der Waals surface area contributed by atoms with E-state index in [0.29, 0.717) is 12.5 Å². The van der Waals surface area contributed by atoms with Gasteiger partial charge in [-0.15, -0.1) is 0 Å². The van der Waals surface area contributed by atoms with E-state index in [1.54, 1.807) is 6.33 Å². The van der Waals surface area contributed by atoms with Gasteiger partial charge in [-0.2, -0.15) is 4.98 Å². The maximum atomic E-state index is 5.35. The van der Waals surface area contributed by atoms with Gasteiger partial charge in [-0.1, -0.05) is 60.7 Å². The number of rotatable bonds is 7. The van der Waals surface area contributed by atoms with Gasteiger partial charge in [0, 0.05) is 22.2 Å². The summed E-state index contributed by atoms with van der Waals surface area (Å²) in [5.74, 6) is 1.37. The fourth-order valence-electron chi connectivity index (χ4n) is 5.22. The number of aromatic nitrogens is 3. The van der Waals surface area contributed by atoms with Crippen LogP contribution in [0.4, 0.5) is 5.95 Å². The molecule has 0 spiro atoms.